The second kappa shape index (κ2) is 9.89. The number of para-hydroxylation sites is 2. The Morgan fingerprint density at radius 3 is 2.40 bits per heavy atom. The third kappa shape index (κ3) is 4.52. The average Bonchev–Trinajstić information content (AvgIpc) is 3.38. The van der Waals surface area contributed by atoms with Gasteiger partial charge in [-0.3, -0.25) is 19.1 Å². The number of methoxy groups -OCH3 is 1. The van der Waals surface area contributed by atoms with Gasteiger partial charge in [-0.15, -0.1) is 11.3 Å². The van der Waals surface area contributed by atoms with Crippen LogP contribution < -0.4 is 16.0 Å². The summed E-state index contributed by atoms with van der Waals surface area (Å²) in [6.07, 6.45) is 0. The zero-order valence-corrected chi connectivity index (χ0v) is 20.2. The number of nitrogens with zero attached hydrogens (tertiary/aromatic N) is 4. The van der Waals surface area contributed by atoms with Crippen LogP contribution in [0, 0.1) is 0 Å². The predicted octanol–water partition coefficient (Wildman–Crippen LogP) is 2.57. The van der Waals surface area contributed by atoms with Crippen LogP contribution in [0.1, 0.15) is 5.56 Å². The van der Waals surface area contributed by atoms with Crippen molar-refractivity contribution in [2.24, 2.45) is 0 Å². The molecule has 0 bridgehead atoms. The lowest BCUT2D eigenvalue weighted by Gasteiger charge is -2.35. The highest BCUT2D eigenvalue weighted by Gasteiger charge is 2.24. The molecular formula is C26H26N4O4S. The Kier molecular flexibility index (Phi) is 6.52. The monoisotopic (exact) mass is 490 g/mol. The lowest BCUT2D eigenvalue weighted by Crippen LogP contribution is -2.50. The number of fused-ring (bicyclic) bond motifs is 1. The van der Waals surface area contributed by atoms with Crippen LogP contribution in [0.3, 0.4) is 0 Å². The number of rotatable bonds is 6. The van der Waals surface area contributed by atoms with Gasteiger partial charge in [0.05, 0.1) is 18.3 Å². The maximum absolute atomic E-state index is 13.5. The fourth-order valence-electron chi connectivity index (χ4n) is 4.50. The molecule has 4 aromatic rings. The van der Waals surface area contributed by atoms with E-state index in [0.717, 1.165) is 24.2 Å². The molecule has 0 saturated carbocycles. The van der Waals surface area contributed by atoms with Gasteiger partial charge in [0, 0.05) is 32.7 Å². The van der Waals surface area contributed by atoms with Crippen molar-refractivity contribution in [3.8, 4) is 11.4 Å². The highest BCUT2D eigenvalue weighted by Crippen LogP contribution is 2.22. The molecule has 2 aromatic carbocycles. The molecule has 1 aliphatic heterocycles. The number of amides is 1. The molecule has 3 heterocycles. The van der Waals surface area contributed by atoms with Crippen molar-refractivity contribution < 1.29 is 9.53 Å². The Balaban J connectivity index is 1.40. The molecule has 180 valence electrons. The van der Waals surface area contributed by atoms with Crippen molar-refractivity contribution >= 4 is 27.5 Å². The zero-order chi connectivity index (χ0) is 24.4. The third-order valence-corrected chi connectivity index (χ3v) is 7.24. The van der Waals surface area contributed by atoms with Crippen molar-refractivity contribution in [3.05, 3.63) is 92.4 Å². The van der Waals surface area contributed by atoms with E-state index in [1.807, 2.05) is 18.2 Å². The number of carbonyl (C=O) groups is 1. The van der Waals surface area contributed by atoms with Gasteiger partial charge in [0.1, 0.15) is 17.0 Å². The molecule has 1 saturated heterocycles. The Morgan fingerprint density at radius 2 is 1.66 bits per heavy atom. The Morgan fingerprint density at radius 1 is 0.943 bits per heavy atom. The molecule has 0 radical (unpaired) electrons. The van der Waals surface area contributed by atoms with Crippen molar-refractivity contribution in [1.29, 1.82) is 0 Å². The number of carbonyl (C=O) groups excluding carboxylic acids is 1. The molecule has 2 aromatic heterocycles. The maximum Gasteiger partial charge on any atom is 0.336 e. The third-order valence-electron chi connectivity index (χ3n) is 6.35. The highest BCUT2D eigenvalue weighted by atomic mass is 32.1. The zero-order valence-electron chi connectivity index (χ0n) is 19.4. The summed E-state index contributed by atoms with van der Waals surface area (Å²) in [5, 5.41) is 1.77. The lowest BCUT2D eigenvalue weighted by atomic mass is 10.2. The van der Waals surface area contributed by atoms with E-state index < -0.39 is 11.2 Å². The van der Waals surface area contributed by atoms with E-state index in [4.69, 9.17) is 4.74 Å². The molecule has 9 heteroatoms. The minimum absolute atomic E-state index is 0.125. The summed E-state index contributed by atoms with van der Waals surface area (Å²) in [6, 6.07) is 18.9. The minimum Gasteiger partial charge on any atom is -0.495 e. The second-order valence-corrected chi connectivity index (χ2v) is 9.37. The Bertz CT molecular complexity index is 1470. The summed E-state index contributed by atoms with van der Waals surface area (Å²) in [4.78, 5) is 44.1. The molecule has 1 amide bonds. The van der Waals surface area contributed by atoms with Gasteiger partial charge < -0.3 is 9.64 Å². The number of hydrogen-bond acceptors (Lipinski definition) is 6. The smallest absolute Gasteiger partial charge is 0.336 e. The standard InChI is InChI=1S/C26H26N4O4S/c1-34-22-10-6-5-9-20(22)30-25(32)24-21(11-16-35-24)29(26(30)33)18-23(31)28-14-12-27(13-15-28)17-19-7-3-2-4-8-19/h2-11,16H,12-15,17-18H2,1H3. The van der Waals surface area contributed by atoms with Gasteiger partial charge in [0.2, 0.25) is 5.91 Å². The normalized spacial score (nSPS) is 14.4. The van der Waals surface area contributed by atoms with E-state index in [-0.39, 0.29) is 12.5 Å². The van der Waals surface area contributed by atoms with E-state index in [9.17, 15) is 14.4 Å². The number of hydrogen-bond donors (Lipinski definition) is 0. The first-order chi connectivity index (χ1) is 17.1. The van der Waals surface area contributed by atoms with Crippen LogP contribution in [0.15, 0.2) is 75.6 Å². The van der Waals surface area contributed by atoms with Crippen molar-refractivity contribution in [3.63, 3.8) is 0 Å². The van der Waals surface area contributed by atoms with E-state index in [1.165, 1.54) is 28.6 Å². The largest absolute Gasteiger partial charge is 0.495 e. The van der Waals surface area contributed by atoms with Crippen LogP contribution in [-0.2, 0) is 17.9 Å². The number of benzene rings is 2. The summed E-state index contributed by atoms with van der Waals surface area (Å²) < 4.78 is 8.32. The summed E-state index contributed by atoms with van der Waals surface area (Å²) in [5.74, 6) is 0.277. The van der Waals surface area contributed by atoms with Crippen LogP contribution in [0.25, 0.3) is 15.9 Å². The molecule has 1 aliphatic rings. The predicted molar refractivity (Wildman–Crippen MR) is 137 cm³/mol. The SMILES string of the molecule is COc1ccccc1-n1c(=O)c2sccc2n(CC(=O)N2CCN(Cc3ccccc3)CC2)c1=O. The summed E-state index contributed by atoms with van der Waals surface area (Å²) in [5.41, 5.74) is 1.12. The molecule has 8 nitrogen and oxygen atoms in total. The first-order valence-electron chi connectivity index (χ1n) is 11.5. The van der Waals surface area contributed by atoms with E-state index in [1.54, 1.807) is 40.6 Å². The van der Waals surface area contributed by atoms with Gasteiger partial charge in [0.15, 0.2) is 0 Å². The van der Waals surface area contributed by atoms with Gasteiger partial charge in [0.25, 0.3) is 5.56 Å². The summed E-state index contributed by atoms with van der Waals surface area (Å²) in [6.45, 7) is 3.45. The molecule has 0 atom stereocenters. The Labute approximate surface area is 206 Å². The van der Waals surface area contributed by atoms with Crippen molar-refractivity contribution in [2.45, 2.75) is 13.1 Å². The molecule has 0 N–H and O–H groups in total. The average molecular weight is 491 g/mol. The van der Waals surface area contributed by atoms with Crippen molar-refractivity contribution in [2.75, 3.05) is 33.3 Å². The van der Waals surface area contributed by atoms with Crippen LogP contribution in [0.4, 0.5) is 0 Å². The first-order valence-corrected chi connectivity index (χ1v) is 12.4. The van der Waals surface area contributed by atoms with Crippen molar-refractivity contribution in [1.82, 2.24) is 18.9 Å². The van der Waals surface area contributed by atoms with Crippen LogP contribution >= 0.6 is 11.3 Å². The fourth-order valence-corrected chi connectivity index (χ4v) is 5.32. The molecule has 0 aliphatic carbocycles. The number of thiophene rings is 1. The summed E-state index contributed by atoms with van der Waals surface area (Å²) in [7, 11) is 1.49. The lowest BCUT2D eigenvalue weighted by molar-refractivity contribution is -0.133. The number of ether oxygens (including phenoxy) is 1. The molecular weight excluding hydrogens is 464 g/mol. The number of aromatic nitrogens is 2. The summed E-state index contributed by atoms with van der Waals surface area (Å²) >= 11 is 1.26. The van der Waals surface area contributed by atoms with Gasteiger partial charge in [-0.25, -0.2) is 9.36 Å². The first kappa shape index (κ1) is 23.1. The van der Waals surface area contributed by atoms with Gasteiger partial charge in [-0.1, -0.05) is 42.5 Å². The maximum atomic E-state index is 13.5. The van der Waals surface area contributed by atoms with Gasteiger partial charge in [-0.2, -0.15) is 0 Å². The van der Waals surface area contributed by atoms with Gasteiger partial charge >= 0.3 is 5.69 Å². The molecule has 1 fully saturated rings. The minimum atomic E-state index is -0.554. The topological polar surface area (TPSA) is 76.8 Å². The quantitative estimate of drug-likeness (QED) is 0.415. The van der Waals surface area contributed by atoms with Crippen LogP contribution in [0.5, 0.6) is 5.75 Å². The molecule has 0 unspecified atom stereocenters. The van der Waals surface area contributed by atoms with Gasteiger partial charge in [-0.05, 0) is 29.1 Å². The highest BCUT2D eigenvalue weighted by molar-refractivity contribution is 7.17. The van der Waals surface area contributed by atoms with E-state index in [2.05, 4.69) is 17.0 Å². The fraction of sp³-hybridized carbons (Fsp3) is 0.269. The van der Waals surface area contributed by atoms with Crippen LogP contribution in [-0.4, -0.2) is 58.1 Å². The van der Waals surface area contributed by atoms with E-state index >= 15 is 0 Å². The van der Waals surface area contributed by atoms with E-state index in [0.29, 0.717) is 34.7 Å². The molecule has 35 heavy (non-hydrogen) atoms. The Hall–Kier alpha value is -3.69. The molecule has 5 rings (SSSR count). The number of piperazine rings is 1. The van der Waals surface area contributed by atoms with Crippen LogP contribution in [0.2, 0.25) is 0 Å². The molecule has 0 spiro atoms. The second-order valence-electron chi connectivity index (χ2n) is 8.46.